The van der Waals surface area contributed by atoms with Gasteiger partial charge in [-0.05, 0) is 41.7 Å². The molecule has 0 radical (unpaired) electrons. The van der Waals surface area contributed by atoms with E-state index in [2.05, 4.69) is 10.6 Å². The van der Waals surface area contributed by atoms with E-state index in [-0.39, 0.29) is 11.9 Å². The Kier molecular flexibility index (Phi) is 7.47. The summed E-state index contributed by atoms with van der Waals surface area (Å²) in [4.78, 5) is 12.6. The number of carbonyl (C=O) groups is 1. The molecule has 6 heteroatoms. The lowest BCUT2D eigenvalue weighted by molar-refractivity contribution is -0.137. The van der Waals surface area contributed by atoms with E-state index in [1.807, 2.05) is 60.7 Å². The second-order valence-corrected chi connectivity index (χ2v) is 7.32. The van der Waals surface area contributed by atoms with Crippen LogP contribution in [0.2, 0.25) is 0 Å². The smallest absolute Gasteiger partial charge is 0.358 e. The molecule has 3 rings (SSSR count). The molecule has 0 bridgehead atoms. The van der Waals surface area contributed by atoms with Crippen LogP contribution in [0.5, 0.6) is 0 Å². The Hall–Kier alpha value is -3.12. The minimum Gasteiger partial charge on any atom is -0.358 e. The van der Waals surface area contributed by atoms with Crippen molar-refractivity contribution in [2.24, 2.45) is 0 Å². The standard InChI is InChI=1S/C25H25F3N2O/c1-29-24(31)23(20-10-6-3-7-11-20)30-22(19-8-4-2-5-9-19)17-14-18-12-15-21(16-13-18)25(26,27)28/h2-13,15-16,22-23,30H,14,17H2,1H3,(H,29,31)/t22-,23-/m0/s1. The number of benzene rings is 3. The Morgan fingerprint density at radius 2 is 1.39 bits per heavy atom. The van der Waals surface area contributed by atoms with Crippen LogP contribution in [0.4, 0.5) is 13.2 Å². The Morgan fingerprint density at radius 3 is 1.90 bits per heavy atom. The van der Waals surface area contributed by atoms with Gasteiger partial charge < -0.3 is 5.32 Å². The third kappa shape index (κ3) is 6.18. The van der Waals surface area contributed by atoms with Crippen molar-refractivity contribution in [1.29, 1.82) is 0 Å². The Bertz CT molecular complexity index is 958. The molecule has 0 aliphatic carbocycles. The molecule has 0 aliphatic heterocycles. The molecule has 3 aromatic carbocycles. The van der Waals surface area contributed by atoms with Crippen molar-refractivity contribution in [2.45, 2.75) is 31.1 Å². The predicted octanol–water partition coefficient (Wildman–Crippen LogP) is 5.46. The van der Waals surface area contributed by atoms with Crippen LogP contribution in [-0.2, 0) is 17.4 Å². The molecule has 3 aromatic rings. The number of aryl methyl sites for hydroxylation is 1. The molecule has 0 fully saturated rings. The highest BCUT2D eigenvalue weighted by Gasteiger charge is 2.30. The summed E-state index contributed by atoms with van der Waals surface area (Å²) >= 11 is 0. The van der Waals surface area contributed by atoms with E-state index in [9.17, 15) is 18.0 Å². The zero-order valence-electron chi connectivity index (χ0n) is 17.2. The monoisotopic (exact) mass is 426 g/mol. The first kappa shape index (κ1) is 22.6. The number of amides is 1. The van der Waals surface area contributed by atoms with Gasteiger partial charge in [0.15, 0.2) is 0 Å². The van der Waals surface area contributed by atoms with Crippen LogP contribution in [0.25, 0.3) is 0 Å². The fourth-order valence-corrected chi connectivity index (χ4v) is 3.52. The van der Waals surface area contributed by atoms with Crippen LogP contribution >= 0.6 is 0 Å². The summed E-state index contributed by atoms with van der Waals surface area (Å²) in [6.07, 6.45) is -3.15. The number of nitrogens with one attached hydrogen (secondary N) is 2. The second-order valence-electron chi connectivity index (χ2n) is 7.32. The number of halogens is 3. The molecule has 0 aromatic heterocycles. The first-order valence-electron chi connectivity index (χ1n) is 10.1. The van der Waals surface area contributed by atoms with Crippen molar-refractivity contribution in [3.63, 3.8) is 0 Å². The topological polar surface area (TPSA) is 41.1 Å². The first-order chi connectivity index (χ1) is 14.9. The van der Waals surface area contributed by atoms with Gasteiger partial charge in [-0.3, -0.25) is 10.1 Å². The van der Waals surface area contributed by atoms with Gasteiger partial charge in [-0.15, -0.1) is 0 Å². The number of alkyl halides is 3. The van der Waals surface area contributed by atoms with Crippen molar-refractivity contribution in [3.05, 3.63) is 107 Å². The van der Waals surface area contributed by atoms with E-state index in [1.165, 1.54) is 12.1 Å². The van der Waals surface area contributed by atoms with E-state index in [0.29, 0.717) is 12.8 Å². The maximum atomic E-state index is 12.8. The summed E-state index contributed by atoms with van der Waals surface area (Å²) in [5.41, 5.74) is 2.02. The molecule has 0 aliphatic rings. The van der Waals surface area contributed by atoms with Gasteiger partial charge in [0.2, 0.25) is 5.91 Å². The summed E-state index contributed by atoms with van der Waals surface area (Å²) in [5, 5.41) is 6.16. The van der Waals surface area contributed by atoms with Gasteiger partial charge in [-0.25, -0.2) is 0 Å². The largest absolute Gasteiger partial charge is 0.416 e. The quantitative estimate of drug-likeness (QED) is 0.503. The lowest BCUT2D eigenvalue weighted by atomic mass is 9.96. The van der Waals surface area contributed by atoms with Crippen LogP contribution in [0.15, 0.2) is 84.9 Å². The third-order valence-corrected chi connectivity index (χ3v) is 5.21. The van der Waals surface area contributed by atoms with Crippen LogP contribution in [0.1, 0.15) is 40.8 Å². The van der Waals surface area contributed by atoms with Crippen LogP contribution in [0.3, 0.4) is 0 Å². The second kappa shape index (κ2) is 10.3. The Balaban J connectivity index is 1.81. The van der Waals surface area contributed by atoms with Gasteiger partial charge in [0.05, 0.1) is 5.56 Å². The number of likely N-dealkylation sites (N-methyl/N-ethyl adjacent to an activating group) is 1. The van der Waals surface area contributed by atoms with Gasteiger partial charge in [-0.1, -0.05) is 72.8 Å². The molecule has 162 valence electrons. The third-order valence-electron chi connectivity index (χ3n) is 5.21. The van der Waals surface area contributed by atoms with Crippen molar-refractivity contribution in [1.82, 2.24) is 10.6 Å². The molecule has 0 saturated carbocycles. The fraction of sp³-hybridized carbons (Fsp3) is 0.240. The zero-order valence-corrected chi connectivity index (χ0v) is 17.2. The summed E-state index contributed by atoms with van der Waals surface area (Å²) in [7, 11) is 1.60. The number of hydrogen-bond acceptors (Lipinski definition) is 2. The van der Waals surface area contributed by atoms with Crippen molar-refractivity contribution < 1.29 is 18.0 Å². The maximum Gasteiger partial charge on any atom is 0.416 e. The normalized spacial score (nSPS) is 13.4. The maximum absolute atomic E-state index is 12.8. The van der Waals surface area contributed by atoms with Crippen LogP contribution < -0.4 is 10.6 Å². The van der Waals surface area contributed by atoms with E-state index in [1.54, 1.807) is 7.05 Å². The molecule has 0 spiro atoms. The predicted molar refractivity (Wildman–Crippen MR) is 115 cm³/mol. The average Bonchev–Trinajstić information content (AvgIpc) is 2.79. The molecule has 0 heterocycles. The van der Waals surface area contributed by atoms with E-state index < -0.39 is 17.8 Å². The van der Waals surface area contributed by atoms with Crippen LogP contribution in [0, 0.1) is 0 Å². The molecule has 2 atom stereocenters. The van der Waals surface area contributed by atoms with Crippen LogP contribution in [-0.4, -0.2) is 13.0 Å². The molecule has 0 unspecified atom stereocenters. The highest BCUT2D eigenvalue weighted by atomic mass is 19.4. The number of carbonyl (C=O) groups excluding carboxylic acids is 1. The van der Waals surface area contributed by atoms with E-state index in [4.69, 9.17) is 0 Å². The van der Waals surface area contributed by atoms with Crippen molar-refractivity contribution in [3.8, 4) is 0 Å². The van der Waals surface area contributed by atoms with Gasteiger partial charge in [0.1, 0.15) is 6.04 Å². The highest BCUT2D eigenvalue weighted by Crippen LogP contribution is 2.30. The van der Waals surface area contributed by atoms with Crippen molar-refractivity contribution >= 4 is 5.91 Å². The lowest BCUT2D eigenvalue weighted by Crippen LogP contribution is -2.38. The molecule has 3 nitrogen and oxygen atoms in total. The molecule has 31 heavy (non-hydrogen) atoms. The summed E-state index contributed by atoms with van der Waals surface area (Å²) < 4.78 is 38.5. The zero-order chi connectivity index (χ0) is 22.3. The SMILES string of the molecule is CNC(=O)[C@@H](N[C@@H](CCc1ccc(C(F)(F)F)cc1)c1ccccc1)c1ccccc1. The fourth-order valence-electron chi connectivity index (χ4n) is 3.52. The first-order valence-corrected chi connectivity index (χ1v) is 10.1. The number of hydrogen-bond donors (Lipinski definition) is 2. The van der Waals surface area contributed by atoms with Crippen molar-refractivity contribution in [2.75, 3.05) is 7.05 Å². The molecule has 2 N–H and O–H groups in total. The van der Waals surface area contributed by atoms with E-state index >= 15 is 0 Å². The number of rotatable bonds is 8. The summed E-state index contributed by atoms with van der Waals surface area (Å²) in [6, 6.07) is 23.7. The molecular formula is C25H25F3N2O. The Labute approximate surface area is 180 Å². The molecular weight excluding hydrogens is 401 g/mol. The van der Waals surface area contributed by atoms with E-state index in [0.717, 1.165) is 28.8 Å². The van der Waals surface area contributed by atoms with Gasteiger partial charge in [0, 0.05) is 13.1 Å². The van der Waals surface area contributed by atoms with Gasteiger partial charge >= 0.3 is 6.18 Å². The lowest BCUT2D eigenvalue weighted by Gasteiger charge is -2.26. The summed E-state index contributed by atoms with van der Waals surface area (Å²) in [5.74, 6) is -0.151. The molecule has 0 saturated heterocycles. The minimum atomic E-state index is -4.34. The Morgan fingerprint density at radius 1 is 0.839 bits per heavy atom. The minimum absolute atomic E-state index is 0.151. The highest BCUT2D eigenvalue weighted by molar-refractivity contribution is 5.83. The molecule has 1 amide bonds. The van der Waals surface area contributed by atoms with Gasteiger partial charge in [0.25, 0.3) is 0 Å². The van der Waals surface area contributed by atoms with Gasteiger partial charge in [-0.2, -0.15) is 13.2 Å². The average molecular weight is 426 g/mol. The summed E-state index contributed by atoms with van der Waals surface area (Å²) in [6.45, 7) is 0.